The second kappa shape index (κ2) is 8.41. The standard InChI is InChI=1S/C31H25N3O/c1-3-33-28-11-7-5-8-24(28)26-20-22(14-18-29(26)33)15-19-30-32-27-10-6-4-9-25(27)31(35)34(30)23-16-12-21(2)13-17-23/h4-20H,3H2,1-2H3/b19-15+. The lowest BCUT2D eigenvalue weighted by Crippen LogP contribution is -2.22. The summed E-state index contributed by atoms with van der Waals surface area (Å²) in [4.78, 5) is 18.3. The number of hydrogen-bond acceptors (Lipinski definition) is 2. The SMILES string of the molecule is CCn1c2ccccc2c2cc(/C=C/c3nc4ccccc4c(=O)n3-c3ccc(C)cc3)ccc21. The maximum absolute atomic E-state index is 13.5. The Bertz CT molecular complexity index is 1800. The molecule has 4 aromatic carbocycles. The van der Waals surface area contributed by atoms with Crippen LogP contribution in [0.5, 0.6) is 0 Å². The van der Waals surface area contributed by atoms with Crippen molar-refractivity contribution < 1.29 is 0 Å². The Kier molecular flexibility index (Phi) is 5.07. The first-order valence-electron chi connectivity index (χ1n) is 11.9. The van der Waals surface area contributed by atoms with E-state index in [1.54, 1.807) is 4.57 Å². The Morgan fingerprint density at radius 2 is 1.49 bits per heavy atom. The lowest BCUT2D eigenvalue weighted by atomic mass is 10.1. The zero-order valence-corrected chi connectivity index (χ0v) is 19.8. The number of aromatic nitrogens is 3. The van der Waals surface area contributed by atoms with Crippen LogP contribution in [-0.2, 0) is 6.54 Å². The largest absolute Gasteiger partial charge is 0.341 e. The predicted octanol–water partition coefficient (Wildman–Crippen LogP) is 6.99. The van der Waals surface area contributed by atoms with E-state index in [0.717, 1.165) is 23.4 Å². The molecule has 0 atom stereocenters. The number of benzene rings is 4. The van der Waals surface area contributed by atoms with E-state index < -0.39 is 0 Å². The highest BCUT2D eigenvalue weighted by molar-refractivity contribution is 6.08. The molecule has 170 valence electrons. The van der Waals surface area contributed by atoms with Crippen LogP contribution >= 0.6 is 0 Å². The summed E-state index contributed by atoms with van der Waals surface area (Å²) in [5, 5.41) is 3.09. The van der Waals surface area contributed by atoms with Gasteiger partial charge in [0.15, 0.2) is 0 Å². The van der Waals surface area contributed by atoms with Crippen LogP contribution in [0.15, 0.2) is 95.8 Å². The highest BCUT2D eigenvalue weighted by Gasteiger charge is 2.12. The van der Waals surface area contributed by atoms with Gasteiger partial charge in [-0.2, -0.15) is 0 Å². The molecule has 2 heterocycles. The summed E-state index contributed by atoms with van der Waals surface area (Å²) >= 11 is 0. The molecular weight excluding hydrogens is 430 g/mol. The van der Waals surface area contributed by atoms with Crippen LogP contribution in [-0.4, -0.2) is 14.1 Å². The van der Waals surface area contributed by atoms with Crippen LogP contribution in [0.3, 0.4) is 0 Å². The van der Waals surface area contributed by atoms with E-state index in [1.807, 2.05) is 67.6 Å². The fourth-order valence-electron chi connectivity index (χ4n) is 4.89. The van der Waals surface area contributed by atoms with Gasteiger partial charge in [0.1, 0.15) is 5.82 Å². The molecule has 0 fully saturated rings. The van der Waals surface area contributed by atoms with Gasteiger partial charge in [-0.05, 0) is 68.0 Å². The number of rotatable bonds is 4. The predicted molar refractivity (Wildman–Crippen MR) is 146 cm³/mol. The Morgan fingerprint density at radius 1 is 0.771 bits per heavy atom. The Hall–Kier alpha value is -4.44. The van der Waals surface area contributed by atoms with Gasteiger partial charge in [0.05, 0.1) is 16.6 Å². The van der Waals surface area contributed by atoms with Crippen molar-refractivity contribution >= 4 is 44.9 Å². The van der Waals surface area contributed by atoms with E-state index in [1.165, 1.54) is 21.8 Å². The molecule has 0 aliphatic heterocycles. The van der Waals surface area contributed by atoms with Crippen molar-refractivity contribution in [3.63, 3.8) is 0 Å². The normalized spacial score (nSPS) is 11.8. The van der Waals surface area contributed by atoms with Gasteiger partial charge in [0.25, 0.3) is 5.56 Å². The fourth-order valence-corrected chi connectivity index (χ4v) is 4.89. The number of fused-ring (bicyclic) bond motifs is 4. The van der Waals surface area contributed by atoms with Crippen LogP contribution in [0.25, 0.3) is 50.5 Å². The van der Waals surface area contributed by atoms with Gasteiger partial charge < -0.3 is 4.57 Å². The molecule has 4 heteroatoms. The van der Waals surface area contributed by atoms with Crippen molar-refractivity contribution in [2.45, 2.75) is 20.4 Å². The van der Waals surface area contributed by atoms with E-state index in [-0.39, 0.29) is 5.56 Å². The fraction of sp³-hybridized carbons (Fsp3) is 0.0968. The summed E-state index contributed by atoms with van der Waals surface area (Å²) in [5.41, 5.74) is 6.12. The highest BCUT2D eigenvalue weighted by atomic mass is 16.1. The van der Waals surface area contributed by atoms with Crippen LogP contribution < -0.4 is 5.56 Å². The van der Waals surface area contributed by atoms with Gasteiger partial charge in [-0.1, -0.05) is 60.2 Å². The molecule has 6 rings (SSSR count). The smallest absolute Gasteiger partial charge is 0.266 e. The molecule has 4 nitrogen and oxygen atoms in total. The summed E-state index contributed by atoms with van der Waals surface area (Å²) in [6, 6.07) is 30.5. The van der Waals surface area contributed by atoms with E-state index in [0.29, 0.717) is 16.7 Å². The first-order valence-corrected chi connectivity index (χ1v) is 11.9. The van der Waals surface area contributed by atoms with Crippen LogP contribution in [0.4, 0.5) is 0 Å². The molecule has 0 N–H and O–H groups in total. The molecule has 0 radical (unpaired) electrons. The molecule has 0 aliphatic carbocycles. The van der Waals surface area contributed by atoms with Gasteiger partial charge in [0, 0.05) is 28.4 Å². The van der Waals surface area contributed by atoms with E-state index in [2.05, 4.69) is 54.0 Å². The summed E-state index contributed by atoms with van der Waals surface area (Å²) in [5.74, 6) is 0.605. The molecule has 0 unspecified atom stereocenters. The van der Waals surface area contributed by atoms with E-state index >= 15 is 0 Å². The van der Waals surface area contributed by atoms with Crippen molar-refractivity contribution in [1.82, 2.24) is 14.1 Å². The first kappa shape index (κ1) is 21.1. The van der Waals surface area contributed by atoms with Crippen LogP contribution in [0, 0.1) is 6.92 Å². The van der Waals surface area contributed by atoms with Gasteiger partial charge >= 0.3 is 0 Å². The molecule has 0 saturated heterocycles. The number of hydrogen-bond donors (Lipinski definition) is 0. The average molecular weight is 456 g/mol. The molecule has 35 heavy (non-hydrogen) atoms. The van der Waals surface area contributed by atoms with Gasteiger partial charge in [-0.3, -0.25) is 9.36 Å². The topological polar surface area (TPSA) is 39.8 Å². The minimum atomic E-state index is -0.0689. The molecule has 0 spiro atoms. The molecule has 0 aliphatic rings. The van der Waals surface area contributed by atoms with E-state index in [9.17, 15) is 4.79 Å². The van der Waals surface area contributed by atoms with Crippen molar-refractivity contribution in [2.24, 2.45) is 0 Å². The first-order chi connectivity index (χ1) is 17.1. The quantitative estimate of drug-likeness (QED) is 0.287. The molecule has 2 aromatic heterocycles. The Balaban J connectivity index is 1.52. The third-order valence-corrected chi connectivity index (χ3v) is 6.63. The minimum Gasteiger partial charge on any atom is -0.341 e. The second-order valence-electron chi connectivity index (χ2n) is 8.83. The maximum Gasteiger partial charge on any atom is 0.266 e. The van der Waals surface area contributed by atoms with Crippen molar-refractivity contribution in [3.8, 4) is 5.69 Å². The highest BCUT2D eigenvalue weighted by Crippen LogP contribution is 2.30. The summed E-state index contributed by atoms with van der Waals surface area (Å²) < 4.78 is 4.04. The van der Waals surface area contributed by atoms with E-state index in [4.69, 9.17) is 4.98 Å². The lowest BCUT2D eigenvalue weighted by molar-refractivity contribution is 0.827. The number of aryl methyl sites for hydroxylation is 2. The van der Waals surface area contributed by atoms with Crippen molar-refractivity contribution in [1.29, 1.82) is 0 Å². The average Bonchev–Trinajstić information content (AvgIpc) is 3.21. The van der Waals surface area contributed by atoms with Crippen LogP contribution in [0.1, 0.15) is 23.9 Å². The molecule has 0 amide bonds. The third-order valence-electron chi connectivity index (χ3n) is 6.63. The summed E-state index contributed by atoms with van der Waals surface area (Å²) in [6.45, 7) is 5.14. The van der Waals surface area contributed by atoms with Crippen molar-refractivity contribution in [3.05, 3.63) is 118 Å². The maximum atomic E-state index is 13.5. The zero-order chi connectivity index (χ0) is 23.9. The second-order valence-corrected chi connectivity index (χ2v) is 8.83. The Labute approximate surface area is 203 Å². The lowest BCUT2D eigenvalue weighted by Gasteiger charge is -2.11. The minimum absolute atomic E-state index is 0.0689. The Morgan fingerprint density at radius 3 is 2.29 bits per heavy atom. The van der Waals surface area contributed by atoms with Crippen LogP contribution in [0.2, 0.25) is 0 Å². The number of nitrogens with zero attached hydrogens (tertiary/aromatic N) is 3. The molecule has 6 aromatic rings. The zero-order valence-electron chi connectivity index (χ0n) is 19.8. The van der Waals surface area contributed by atoms with Gasteiger partial charge in [-0.25, -0.2) is 4.98 Å². The van der Waals surface area contributed by atoms with Gasteiger partial charge in [0.2, 0.25) is 0 Å². The number of para-hydroxylation sites is 2. The molecular formula is C31H25N3O. The monoisotopic (exact) mass is 455 g/mol. The van der Waals surface area contributed by atoms with Gasteiger partial charge in [-0.15, -0.1) is 0 Å². The molecule has 0 saturated carbocycles. The summed E-state index contributed by atoms with van der Waals surface area (Å²) in [7, 11) is 0. The molecule has 0 bridgehead atoms. The third kappa shape index (κ3) is 3.55. The van der Waals surface area contributed by atoms with Crippen molar-refractivity contribution in [2.75, 3.05) is 0 Å². The summed E-state index contributed by atoms with van der Waals surface area (Å²) in [6.07, 6.45) is 3.98.